The van der Waals surface area contributed by atoms with Gasteiger partial charge in [-0.05, 0) is 30.9 Å². The van der Waals surface area contributed by atoms with Crippen molar-refractivity contribution >= 4 is 10.9 Å². The third-order valence-electron chi connectivity index (χ3n) is 4.62. The van der Waals surface area contributed by atoms with Gasteiger partial charge in [-0.15, -0.1) is 0 Å². The van der Waals surface area contributed by atoms with E-state index in [1.807, 2.05) is 24.4 Å². The van der Waals surface area contributed by atoms with Crippen LogP contribution in [0.15, 0.2) is 36.5 Å². The number of hydrogen-bond acceptors (Lipinski definition) is 3. The molecule has 0 spiro atoms. The van der Waals surface area contributed by atoms with Crippen LogP contribution >= 0.6 is 0 Å². The van der Waals surface area contributed by atoms with Crippen molar-refractivity contribution < 1.29 is 19.0 Å². The van der Waals surface area contributed by atoms with Crippen molar-refractivity contribution in [2.75, 3.05) is 13.7 Å². The van der Waals surface area contributed by atoms with Crippen LogP contribution < -0.4 is 9.57 Å². The van der Waals surface area contributed by atoms with E-state index in [0.717, 1.165) is 16.5 Å². The lowest BCUT2D eigenvalue weighted by Gasteiger charge is -2.29. The molecule has 1 aliphatic carbocycles. The molecule has 4 rings (SSSR count). The van der Waals surface area contributed by atoms with Gasteiger partial charge in [0.15, 0.2) is 6.29 Å². The van der Waals surface area contributed by atoms with Gasteiger partial charge in [0.05, 0.1) is 23.7 Å². The third kappa shape index (κ3) is 2.28. The summed E-state index contributed by atoms with van der Waals surface area (Å²) in [6, 6.07) is 10.3. The van der Waals surface area contributed by atoms with Gasteiger partial charge in [-0.2, -0.15) is 0 Å². The lowest BCUT2D eigenvalue weighted by Crippen LogP contribution is -2.41. The first-order chi connectivity index (χ1) is 10.3. The summed E-state index contributed by atoms with van der Waals surface area (Å²) in [5.74, 6) is 0.685. The first kappa shape index (κ1) is 13.0. The molecule has 1 saturated heterocycles. The second-order valence-corrected chi connectivity index (χ2v) is 5.87. The molecule has 110 valence electrons. The highest BCUT2D eigenvalue weighted by Crippen LogP contribution is 2.38. The van der Waals surface area contributed by atoms with E-state index in [0.29, 0.717) is 12.5 Å². The fraction of sp³-hybridized carbons (Fsp3) is 0.471. The maximum absolute atomic E-state index is 6.11. The molecule has 2 unspecified atom stereocenters. The highest BCUT2D eigenvalue weighted by Gasteiger charge is 2.37. The van der Waals surface area contributed by atoms with E-state index < -0.39 is 0 Å². The van der Waals surface area contributed by atoms with Crippen LogP contribution in [0.4, 0.5) is 0 Å². The zero-order valence-corrected chi connectivity index (χ0v) is 12.2. The van der Waals surface area contributed by atoms with Gasteiger partial charge >= 0.3 is 0 Å². The van der Waals surface area contributed by atoms with Gasteiger partial charge in [-0.25, -0.2) is 0 Å². The molecule has 0 amide bonds. The van der Waals surface area contributed by atoms with Gasteiger partial charge in [0.25, 0.3) is 5.52 Å². The lowest BCUT2D eigenvalue weighted by atomic mass is 9.81. The van der Waals surface area contributed by atoms with Crippen LogP contribution in [-0.2, 0) is 9.47 Å². The number of aromatic nitrogens is 1. The average molecular weight is 286 g/mol. The van der Waals surface area contributed by atoms with Gasteiger partial charge < -0.3 is 9.47 Å². The number of benzene rings is 1. The second-order valence-electron chi connectivity index (χ2n) is 5.87. The standard InChI is InChI=1S/C17H20NO3/c1-19-18-10-14(9-13-5-2-3-8-15(13)18)17-20-11-16(21-17)12-6-4-7-12/h2-3,5,8-10,12,16-17H,4,6-7,11H2,1H3/q+1. The molecule has 0 bridgehead atoms. The lowest BCUT2D eigenvalue weighted by molar-refractivity contribution is -0.865. The molecule has 2 fully saturated rings. The summed E-state index contributed by atoms with van der Waals surface area (Å²) in [6.07, 6.45) is 5.81. The Morgan fingerprint density at radius 1 is 1.24 bits per heavy atom. The number of hydrogen-bond donors (Lipinski definition) is 0. The Morgan fingerprint density at radius 3 is 2.86 bits per heavy atom. The van der Waals surface area contributed by atoms with Crippen molar-refractivity contribution in [1.29, 1.82) is 0 Å². The van der Waals surface area contributed by atoms with E-state index in [2.05, 4.69) is 12.1 Å². The summed E-state index contributed by atoms with van der Waals surface area (Å²) < 4.78 is 13.7. The van der Waals surface area contributed by atoms with Gasteiger partial charge in [0, 0.05) is 10.8 Å². The molecular weight excluding hydrogens is 266 g/mol. The molecule has 0 radical (unpaired) electrons. The van der Waals surface area contributed by atoms with Crippen LogP contribution in [0.25, 0.3) is 10.9 Å². The predicted molar refractivity (Wildman–Crippen MR) is 77.6 cm³/mol. The van der Waals surface area contributed by atoms with Gasteiger partial charge in [-0.1, -0.05) is 18.6 Å². The molecule has 1 aromatic carbocycles. The van der Waals surface area contributed by atoms with E-state index in [1.54, 1.807) is 11.8 Å². The quantitative estimate of drug-likeness (QED) is 0.812. The summed E-state index contributed by atoms with van der Waals surface area (Å²) in [4.78, 5) is 5.44. The third-order valence-corrected chi connectivity index (χ3v) is 4.62. The summed E-state index contributed by atoms with van der Waals surface area (Å²) in [5, 5.41) is 1.12. The molecule has 2 atom stereocenters. The topological polar surface area (TPSA) is 31.6 Å². The number of fused-ring (bicyclic) bond motifs is 1. The number of rotatable bonds is 3. The van der Waals surface area contributed by atoms with E-state index in [1.165, 1.54) is 19.3 Å². The minimum atomic E-state index is -0.276. The SMILES string of the molecule is CO[n+]1cc(C2OCC(C3CCC3)O2)cc2ccccc21. The molecule has 0 N–H and O–H groups in total. The predicted octanol–water partition coefficient (Wildman–Crippen LogP) is 2.40. The minimum absolute atomic E-state index is 0.256. The summed E-state index contributed by atoms with van der Waals surface area (Å²) in [7, 11) is 1.67. The summed E-state index contributed by atoms with van der Waals surface area (Å²) in [5.41, 5.74) is 2.05. The summed E-state index contributed by atoms with van der Waals surface area (Å²) >= 11 is 0. The Bertz CT molecular complexity index is 654. The molecule has 1 aromatic heterocycles. The number of pyridine rings is 1. The molecule has 1 saturated carbocycles. The van der Waals surface area contributed by atoms with Gasteiger partial charge in [-0.3, -0.25) is 4.84 Å². The minimum Gasteiger partial charge on any atom is -0.345 e. The zero-order chi connectivity index (χ0) is 14.2. The Hall–Kier alpha value is -1.65. The van der Waals surface area contributed by atoms with Crippen molar-refractivity contribution in [3.8, 4) is 0 Å². The van der Waals surface area contributed by atoms with Gasteiger partial charge in [0.1, 0.15) is 7.11 Å². The van der Waals surface area contributed by atoms with Crippen LogP contribution in [0, 0.1) is 5.92 Å². The van der Waals surface area contributed by atoms with Crippen molar-refractivity contribution in [2.24, 2.45) is 5.92 Å². The van der Waals surface area contributed by atoms with Crippen LogP contribution in [0.3, 0.4) is 0 Å². The van der Waals surface area contributed by atoms with Crippen LogP contribution in [0.1, 0.15) is 31.1 Å². The molecule has 2 aromatic rings. The second kappa shape index (κ2) is 5.28. The van der Waals surface area contributed by atoms with Crippen LogP contribution in [-0.4, -0.2) is 19.8 Å². The van der Waals surface area contributed by atoms with E-state index in [4.69, 9.17) is 14.3 Å². The molecule has 4 heteroatoms. The van der Waals surface area contributed by atoms with E-state index in [9.17, 15) is 0 Å². The van der Waals surface area contributed by atoms with E-state index in [-0.39, 0.29) is 12.4 Å². The number of para-hydroxylation sites is 1. The number of ether oxygens (including phenoxy) is 2. The summed E-state index contributed by atoms with van der Waals surface area (Å²) in [6.45, 7) is 0.704. The molecule has 1 aliphatic heterocycles. The van der Waals surface area contributed by atoms with Crippen LogP contribution in [0.5, 0.6) is 0 Å². The Morgan fingerprint density at radius 2 is 2.10 bits per heavy atom. The Kier molecular flexibility index (Phi) is 3.28. The first-order valence-corrected chi connectivity index (χ1v) is 7.61. The Balaban J connectivity index is 1.64. The maximum Gasteiger partial charge on any atom is 0.264 e. The smallest absolute Gasteiger partial charge is 0.264 e. The van der Waals surface area contributed by atoms with E-state index >= 15 is 0 Å². The van der Waals surface area contributed by atoms with Crippen molar-refractivity contribution in [2.45, 2.75) is 31.7 Å². The highest BCUT2D eigenvalue weighted by atomic mass is 16.7. The average Bonchev–Trinajstić information content (AvgIpc) is 2.93. The molecule has 21 heavy (non-hydrogen) atoms. The number of nitrogens with zero attached hydrogens (tertiary/aromatic N) is 1. The van der Waals surface area contributed by atoms with Gasteiger partial charge in [0.2, 0.25) is 6.20 Å². The monoisotopic (exact) mass is 286 g/mol. The molecule has 4 nitrogen and oxygen atoms in total. The fourth-order valence-corrected chi connectivity index (χ4v) is 3.17. The highest BCUT2D eigenvalue weighted by molar-refractivity contribution is 5.75. The van der Waals surface area contributed by atoms with Crippen molar-refractivity contribution in [3.63, 3.8) is 0 Å². The first-order valence-electron chi connectivity index (χ1n) is 7.61. The Labute approximate surface area is 124 Å². The molecular formula is C17H20NO3+. The molecule has 2 heterocycles. The van der Waals surface area contributed by atoms with Crippen molar-refractivity contribution in [3.05, 3.63) is 42.1 Å². The normalized spacial score (nSPS) is 26.0. The zero-order valence-electron chi connectivity index (χ0n) is 12.2. The maximum atomic E-state index is 6.11. The van der Waals surface area contributed by atoms with Crippen LogP contribution in [0.2, 0.25) is 0 Å². The fourth-order valence-electron chi connectivity index (χ4n) is 3.17. The largest absolute Gasteiger partial charge is 0.345 e. The molecule has 2 aliphatic rings. The van der Waals surface area contributed by atoms with Crippen molar-refractivity contribution in [1.82, 2.24) is 0 Å².